The molecule has 0 saturated heterocycles. The molecule has 3 aromatic rings. The highest BCUT2D eigenvalue weighted by Gasteiger charge is 2.11. The second-order valence-corrected chi connectivity index (χ2v) is 6.99. The van der Waals surface area contributed by atoms with Gasteiger partial charge in [0, 0.05) is 5.56 Å². The van der Waals surface area contributed by atoms with Gasteiger partial charge in [0.2, 0.25) is 0 Å². The Hall–Kier alpha value is -2.84. The normalized spacial score (nSPS) is 11.5. The average Bonchev–Trinajstić information content (AvgIpc) is 2.93. The number of rotatable bonds is 4. The molecule has 0 N–H and O–H groups in total. The van der Waals surface area contributed by atoms with Gasteiger partial charge >= 0.3 is 0 Å². The molecule has 0 aliphatic rings. The minimum absolute atomic E-state index is 0.292. The number of carbonyl (C=O) groups excluding carboxylic acids is 1. The quantitative estimate of drug-likeness (QED) is 0.655. The van der Waals surface area contributed by atoms with Crippen molar-refractivity contribution in [1.82, 2.24) is 4.57 Å². The fourth-order valence-electron chi connectivity index (χ4n) is 2.93. The SMILES string of the molecule is C#CCn1c(=NC(=O)c2ccc(OCC)cc2)sc2cc(C)cc(C)c21. The molecule has 0 aliphatic heterocycles. The summed E-state index contributed by atoms with van der Waals surface area (Å²) in [6.45, 7) is 6.99. The summed E-state index contributed by atoms with van der Waals surface area (Å²) in [6.07, 6.45) is 5.54. The number of aryl methyl sites for hydroxylation is 2. The summed E-state index contributed by atoms with van der Waals surface area (Å²) in [7, 11) is 0. The summed E-state index contributed by atoms with van der Waals surface area (Å²) in [4.78, 5) is 17.6. The van der Waals surface area contributed by atoms with Gasteiger partial charge in [-0.1, -0.05) is 23.3 Å². The predicted molar refractivity (Wildman–Crippen MR) is 106 cm³/mol. The number of hydrogen-bond donors (Lipinski definition) is 0. The van der Waals surface area contributed by atoms with Crippen LogP contribution in [0, 0.1) is 26.2 Å². The molecule has 1 amide bonds. The lowest BCUT2D eigenvalue weighted by Crippen LogP contribution is -2.17. The topological polar surface area (TPSA) is 43.6 Å². The molecule has 0 spiro atoms. The first-order valence-corrected chi connectivity index (χ1v) is 9.21. The molecule has 1 aromatic heterocycles. The molecule has 0 unspecified atom stereocenters. The number of carbonyl (C=O) groups is 1. The van der Waals surface area contributed by atoms with Crippen LogP contribution in [-0.2, 0) is 6.54 Å². The lowest BCUT2D eigenvalue weighted by atomic mass is 10.1. The Bertz CT molecular complexity index is 1070. The number of hydrogen-bond acceptors (Lipinski definition) is 3. The van der Waals surface area contributed by atoms with Gasteiger partial charge in [0.05, 0.1) is 23.4 Å². The van der Waals surface area contributed by atoms with E-state index in [0.29, 0.717) is 23.5 Å². The van der Waals surface area contributed by atoms with Crippen LogP contribution >= 0.6 is 11.3 Å². The molecule has 1 heterocycles. The van der Waals surface area contributed by atoms with Gasteiger partial charge in [0.15, 0.2) is 4.80 Å². The number of amides is 1. The van der Waals surface area contributed by atoms with E-state index in [1.807, 2.05) is 18.4 Å². The molecule has 0 radical (unpaired) electrons. The fraction of sp³-hybridized carbons (Fsp3) is 0.238. The van der Waals surface area contributed by atoms with E-state index in [1.54, 1.807) is 24.3 Å². The summed E-state index contributed by atoms with van der Waals surface area (Å²) in [5, 5.41) is 0. The number of terminal acetylenes is 1. The molecule has 2 aromatic carbocycles. The van der Waals surface area contributed by atoms with Gasteiger partial charge in [-0.05, 0) is 62.2 Å². The lowest BCUT2D eigenvalue weighted by molar-refractivity contribution is 0.0998. The molecule has 3 rings (SSSR count). The minimum atomic E-state index is -0.292. The third-order valence-electron chi connectivity index (χ3n) is 3.97. The van der Waals surface area contributed by atoms with Gasteiger partial charge in [-0.25, -0.2) is 0 Å². The second kappa shape index (κ2) is 7.59. The molecule has 0 fully saturated rings. The van der Waals surface area contributed by atoms with Crippen molar-refractivity contribution < 1.29 is 9.53 Å². The average molecular weight is 364 g/mol. The standard InChI is InChI=1S/C21H20N2O2S/c1-5-11-23-19-15(4)12-14(3)13-18(19)26-21(23)22-20(24)16-7-9-17(10-8-16)25-6-2/h1,7-10,12-13H,6,11H2,2-4H3. The van der Waals surface area contributed by atoms with Crippen molar-refractivity contribution in [2.75, 3.05) is 6.61 Å². The van der Waals surface area contributed by atoms with E-state index in [1.165, 1.54) is 16.9 Å². The number of aromatic nitrogens is 1. The fourth-order valence-corrected chi connectivity index (χ4v) is 4.13. The largest absolute Gasteiger partial charge is 0.494 e. The van der Waals surface area contributed by atoms with Crippen molar-refractivity contribution in [2.45, 2.75) is 27.3 Å². The number of ether oxygens (including phenoxy) is 1. The molecule has 0 bridgehead atoms. The summed E-state index contributed by atoms with van der Waals surface area (Å²) in [5.74, 6) is 3.10. The maximum Gasteiger partial charge on any atom is 0.279 e. The third kappa shape index (κ3) is 3.56. The first-order valence-electron chi connectivity index (χ1n) is 8.39. The zero-order valence-electron chi connectivity index (χ0n) is 15.1. The van der Waals surface area contributed by atoms with Crippen molar-refractivity contribution in [3.8, 4) is 18.1 Å². The van der Waals surface area contributed by atoms with Gasteiger partial charge in [0.25, 0.3) is 5.91 Å². The second-order valence-electron chi connectivity index (χ2n) is 5.98. The summed E-state index contributed by atoms with van der Waals surface area (Å²) in [5.41, 5.74) is 3.86. The van der Waals surface area contributed by atoms with E-state index >= 15 is 0 Å². The maximum atomic E-state index is 12.6. The molecule has 0 atom stereocenters. The predicted octanol–water partition coefficient (Wildman–Crippen LogP) is 4.09. The summed E-state index contributed by atoms with van der Waals surface area (Å²) in [6, 6.07) is 11.2. The van der Waals surface area contributed by atoms with Crippen LogP contribution in [0.4, 0.5) is 0 Å². The van der Waals surface area contributed by atoms with Crippen LogP contribution in [0.1, 0.15) is 28.4 Å². The maximum absolute atomic E-state index is 12.6. The summed E-state index contributed by atoms with van der Waals surface area (Å²) >= 11 is 1.48. The highest BCUT2D eigenvalue weighted by atomic mass is 32.1. The highest BCUT2D eigenvalue weighted by Crippen LogP contribution is 2.23. The Morgan fingerprint density at radius 3 is 2.65 bits per heavy atom. The van der Waals surface area contributed by atoms with E-state index in [-0.39, 0.29) is 5.91 Å². The van der Waals surface area contributed by atoms with E-state index in [2.05, 4.69) is 30.0 Å². The van der Waals surface area contributed by atoms with Crippen molar-refractivity contribution >= 4 is 27.5 Å². The highest BCUT2D eigenvalue weighted by molar-refractivity contribution is 7.16. The molecule has 0 aliphatic carbocycles. The number of fused-ring (bicyclic) bond motifs is 1. The van der Waals surface area contributed by atoms with Crippen LogP contribution in [-0.4, -0.2) is 17.1 Å². The van der Waals surface area contributed by atoms with Crippen LogP contribution in [0.15, 0.2) is 41.4 Å². The molecule has 26 heavy (non-hydrogen) atoms. The first-order chi connectivity index (χ1) is 12.5. The van der Waals surface area contributed by atoms with Crippen LogP contribution in [0.25, 0.3) is 10.2 Å². The molecule has 0 saturated carbocycles. The van der Waals surface area contributed by atoms with E-state index in [0.717, 1.165) is 21.5 Å². The van der Waals surface area contributed by atoms with Gasteiger partial charge < -0.3 is 9.30 Å². The molecular weight excluding hydrogens is 344 g/mol. The van der Waals surface area contributed by atoms with Crippen molar-refractivity contribution in [2.24, 2.45) is 4.99 Å². The van der Waals surface area contributed by atoms with Crippen LogP contribution < -0.4 is 9.54 Å². The first kappa shape index (κ1) is 18.0. The number of benzene rings is 2. The van der Waals surface area contributed by atoms with Crippen molar-refractivity contribution in [3.05, 3.63) is 57.9 Å². The van der Waals surface area contributed by atoms with E-state index in [4.69, 9.17) is 11.2 Å². The van der Waals surface area contributed by atoms with Crippen LogP contribution in [0.5, 0.6) is 5.75 Å². The monoisotopic (exact) mass is 364 g/mol. The third-order valence-corrected chi connectivity index (χ3v) is 5.00. The number of thiazole rings is 1. The zero-order chi connectivity index (χ0) is 18.7. The van der Waals surface area contributed by atoms with Crippen molar-refractivity contribution in [3.63, 3.8) is 0 Å². The Morgan fingerprint density at radius 2 is 2.00 bits per heavy atom. The zero-order valence-corrected chi connectivity index (χ0v) is 15.9. The Labute approximate surface area is 156 Å². The van der Waals surface area contributed by atoms with Gasteiger partial charge in [-0.15, -0.1) is 6.42 Å². The van der Waals surface area contributed by atoms with Crippen LogP contribution in [0.2, 0.25) is 0 Å². The van der Waals surface area contributed by atoms with E-state index < -0.39 is 0 Å². The molecule has 5 heteroatoms. The molecular formula is C21H20N2O2S. The smallest absolute Gasteiger partial charge is 0.279 e. The Kier molecular flexibility index (Phi) is 5.24. The Balaban J connectivity index is 2.08. The van der Waals surface area contributed by atoms with E-state index in [9.17, 15) is 4.79 Å². The molecule has 4 nitrogen and oxygen atoms in total. The lowest BCUT2D eigenvalue weighted by Gasteiger charge is -2.04. The molecule has 132 valence electrons. The summed E-state index contributed by atoms with van der Waals surface area (Å²) < 4.78 is 8.42. The van der Waals surface area contributed by atoms with Crippen LogP contribution in [0.3, 0.4) is 0 Å². The van der Waals surface area contributed by atoms with Gasteiger partial charge in [-0.2, -0.15) is 4.99 Å². The Morgan fingerprint density at radius 1 is 1.27 bits per heavy atom. The number of nitrogens with zero attached hydrogens (tertiary/aromatic N) is 2. The van der Waals surface area contributed by atoms with Crippen molar-refractivity contribution in [1.29, 1.82) is 0 Å². The van der Waals surface area contributed by atoms with Gasteiger partial charge in [-0.3, -0.25) is 4.79 Å². The minimum Gasteiger partial charge on any atom is -0.494 e. The van der Waals surface area contributed by atoms with Gasteiger partial charge in [0.1, 0.15) is 5.75 Å².